The van der Waals surface area contributed by atoms with Crippen molar-refractivity contribution in [3.05, 3.63) is 16.4 Å². The maximum atomic E-state index is 11.7. The summed E-state index contributed by atoms with van der Waals surface area (Å²) in [5.74, 6) is -1.98. The topological polar surface area (TPSA) is 73.8 Å². The summed E-state index contributed by atoms with van der Waals surface area (Å²) in [6, 6.07) is 0. The fourth-order valence-corrected chi connectivity index (χ4v) is 1.17. The van der Waals surface area contributed by atoms with E-state index in [4.69, 9.17) is 0 Å². The van der Waals surface area contributed by atoms with Crippen LogP contribution in [0.25, 0.3) is 0 Å². The maximum absolute atomic E-state index is 11.7. The first kappa shape index (κ1) is 10.8. The summed E-state index contributed by atoms with van der Waals surface area (Å²) in [6.07, 6.45) is -3.58. The zero-order valence-corrected chi connectivity index (χ0v) is 7.25. The van der Waals surface area contributed by atoms with Gasteiger partial charge in [0.2, 0.25) is 6.33 Å². The van der Waals surface area contributed by atoms with E-state index in [-0.39, 0.29) is 11.9 Å². The van der Waals surface area contributed by atoms with E-state index in [1.807, 2.05) is 0 Å². The van der Waals surface area contributed by atoms with Gasteiger partial charge >= 0.3 is 12.1 Å². The number of hydrogen-bond donors (Lipinski definition) is 0. The number of nitro groups is 1. The van der Waals surface area contributed by atoms with Gasteiger partial charge in [-0.1, -0.05) is 14.2 Å². The molecular weight excluding hydrogens is 225 g/mol. The third kappa shape index (κ3) is 2.87. The van der Waals surface area contributed by atoms with Crippen molar-refractivity contribution in [2.75, 3.05) is 5.75 Å². The van der Waals surface area contributed by atoms with Gasteiger partial charge in [-0.15, -0.1) is 0 Å². The first-order valence-corrected chi connectivity index (χ1v) is 4.09. The Bertz CT molecular complexity index is 338. The average Bonchev–Trinajstić information content (AvgIpc) is 2.46. The third-order valence-electron chi connectivity index (χ3n) is 1.01. The molecule has 0 aliphatic rings. The zero-order valence-electron chi connectivity index (χ0n) is 6.43. The van der Waals surface area contributed by atoms with Crippen LogP contribution >= 0.6 is 11.9 Å². The van der Waals surface area contributed by atoms with Gasteiger partial charge in [-0.05, 0) is 4.92 Å². The van der Waals surface area contributed by atoms with Gasteiger partial charge in [-0.3, -0.25) is 0 Å². The molecule has 1 heterocycles. The van der Waals surface area contributed by atoms with Crippen molar-refractivity contribution in [1.29, 1.82) is 0 Å². The summed E-state index contributed by atoms with van der Waals surface area (Å²) in [7, 11) is 0. The molecule has 0 bridgehead atoms. The third-order valence-corrected chi connectivity index (χ3v) is 1.97. The lowest BCUT2D eigenvalue weighted by atomic mass is 10.8. The molecule has 14 heavy (non-hydrogen) atoms. The quantitative estimate of drug-likeness (QED) is 0.574. The van der Waals surface area contributed by atoms with Gasteiger partial charge in [0.05, 0.1) is 11.9 Å². The second kappa shape index (κ2) is 3.82. The van der Waals surface area contributed by atoms with Crippen LogP contribution in [0.1, 0.15) is 0 Å². The molecule has 1 rings (SSSR count). The number of nitrogens with zero attached hydrogens (tertiary/aromatic N) is 4. The second-order valence-corrected chi connectivity index (χ2v) is 2.97. The molecule has 78 valence electrons. The normalized spacial score (nSPS) is 11.6. The fraction of sp³-hybridized carbons (Fsp3) is 0.500. The summed E-state index contributed by atoms with van der Waals surface area (Å²) in [4.78, 5) is 12.5. The highest BCUT2D eigenvalue weighted by atomic mass is 32.2. The highest BCUT2D eigenvalue weighted by Gasteiger charge is 2.30. The zero-order chi connectivity index (χ0) is 10.8. The van der Waals surface area contributed by atoms with Gasteiger partial charge < -0.3 is 10.1 Å². The molecule has 0 aromatic carbocycles. The minimum atomic E-state index is -4.40. The van der Waals surface area contributed by atoms with Gasteiger partial charge in [-0.25, -0.2) is 0 Å². The van der Waals surface area contributed by atoms with Gasteiger partial charge in [-0.2, -0.15) is 13.2 Å². The van der Waals surface area contributed by atoms with Gasteiger partial charge in [0, 0.05) is 0 Å². The van der Waals surface area contributed by atoms with Crippen LogP contribution in [-0.2, 0) is 0 Å². The Morgan fingerprint density at radius 1 is 1.64 bits per heavy atom. The molecule has 0 radical (unpaired) electrons. The van der Waals surface area contributed by atoms with E-state index in [2.05, 4.69) is 10.1 Å². The van der Waals surface area contributed by atoms with E-state index in [1.54, 1.807) is 0 Å². The Morgan fingerprint density at radius 3 is 2.79 bits per heavy atom. The molecular formula is C4H3F3N4O2S. The maximum Gasteiger partial charge on any atom is 0.467 e. The SMILES string of the molecule is O=[N+]([O-])c1ncnn1SCC(F)(F)F. The van der Waals surface area contributed by atoms with Crippen LogP contribution in [0.2, 0.25) is 0 Å². The molecule has 0 unspecified atom stereocenters. The van der Waals surface area contributed by atoms with Crippen molar-refractivity contribution < 1.29 is 18.1 Å². The van der Waals surface area contributed by atoms with Crippen LogP contribution < -0.4 is 0 Å². The van der Waals surface area contributed by atoms with E-state index >= 15 is 0 Å². The van der Waals surface area contributed by atoms with Crippen LogP contribution in [0.3, 0.4) is 0 Å². The molecule has 0 aliphatic heterocycles. The Morgan fingerprint density at radius 2 is 2.29 bits per heavy atom. The largest absolute Gasteiger partial charge is 0.467 e. The van der Waals surface area contributed by atoms with E-state index in [0.717, 1.165) is 6.33 Å². The minimum absolute atomic E-state index is 0.165. The summed E-state index contributed by atoms with van der Waals surface area (Å²) in [6.45, 7) is 0. The molecule has 0 saturated heterocycles. The van der Waals surface area contributed by atoms with Gasteiger partial charge in [0.25, 0.3) is 0 Å². The Balaban J connectivity index is 2.68. The van der Waals surface area contributed by atoms with Crippen molar-refractivity contribution in [3.8, 4) is 0 Å². The van der Waals surface area contributed by atoms with Crippen LogP contribution in [0.4, 0.5) is 19.1 Å². The smallest absolute Gasteiger partial charge is 0.390 e. The Labute approximate surface area is 79.4 Å². The first-order chi connectivity index (χ1) is 6.40. The lowest BCUT2D eigenvalue weighted by Gasteiger charge is -2.02. The second-order valence-electron chi connectivity index (χ2n) is 2.08. The van der Waals surface area contributed by atoms with E-state index < -0.39 is 22.8 Å². The lowest BCUT2D eigenvalue weighted by molar-refractivity contribution is -0.395. The Hall–Kier alpha value is -1.32. The minimum Gasteiger partial charge on any atom is -0.390 e. The van der Waals surface area contributed by atoms with E-state index in [9.17, 15) is 23.3 Å². The number of halogens is 3. The van der Waals surface area contributed by atoms with Crippen molar-refractivity contribution >= 4 is 17.9 Å². The fourth-order valence-electron chi connectivity index (χ4n) is 0.568. The predicted octanol–water partition coefficient (Wildman–Crippen LogP) is 1.24. The summed E-state index contributed by atoms with van der Waals surface area (Å²) in [5.41, 5.74) is 0. The monoisotopic (exact) mass is 228 g/mol. The number of hydrogen-bond acceptors (Lipinski definition) is 5. The number of alkyl halides is 3. The van der Waals surface area contributed by atoms with Gasteiger partial charge in [0.15, 0.2) is 0 Å². The molecule has 1 aromatic heterocycles. The molecule has 0 atom stereocenters. The van der Waals surface area contributed by atoms with E-state index in [0.29, 0.717) is 4.09 Å². The van der Waals surface area contributed by atoms with Crippen molar-refractivity contribution in [3.63, 3.8) is 0 Å². The molecule has 0 amide bonds. The first-order valence-electron chi connectivity index (χ1n) is 3.14. The number of aromatic nitrogens is 3. The summed E-state index contributed by atoms with van der Waals surface area (Å²) >= 11 is 0.165. The number of rotatable bonds is 3. The van der Waals surface area contributed by atoms with Gasteiger partial charge in [0.1, 0.15) is 5.75 Å². The summed E-state index contributed by atoms with van der Waals surface area (Å²) < 4.78 is 35.7. The molecule has 0 spiro atoms. The van der Waals surface area contributed by atoms with Crippen molar-refractivity contribution in [1.82, 2.24) is 14.2 Å². The van der Waals surface area contributed by atoms with E-state index in [1.165, 1.54) is 0 Å². The molecule has 0 saturated carbocycles. The van der Waals surface area contributed by atoms with Crippen LogP contribution in [0.5, 0.6) is 0 Å². The standard InChI is InChI=1S/C4H3F3N4O2S/c5-4(6,7)1-14-10-3(11(12)13)8-2-9-10/h2H,1H2. The molecule has 6 nitrogen and oxygen atoms in total. The highest BCUT2D eigenvalue weighted by Crippen LogP contribution is 2.23. The lowest BCUT2D eigenvalue weighted by Crippen LogP contribution is -2.13. The average molecular weight is 228 g/mol. The highest BCUT2D eigenvalue weighted by molar-refractivity contribution is 7.97. The molecule has 10 heteroatoms. The molecule has 0 fully saturated rings. The van der Waals surface area contributed by atoms with Crippen molar-refractivity contribution in [2.24, 2.45) is 0 Å². The summed E-state index contributed by atoms with van der Waals surface area (Å²) in [5, 5.41) is 13.5. The van der Waals surface area contributed by atoms with Crippen LogP contribution in [0, 0.1) is 10.1 Å². The van der Waals surface area contributed by atoms with Crippen LogP contribution in [-0.4, -0.2) is 31.0 Å². The molecule has 0 N–H and O–H groups in total. The molecule has 0 aliphatic carbocycles. The predicted molar refractivity (Wildman–Crippen MR) is 40.6 cm³/mol. The molecule has 1 aromatic rings. The Kier molecular flexibility index (Phi) is 2.93. The van der Waals surface area contributed by atoms with Crippen molar-refractivity contribution in [2.45, 2.75) is 6.18 Å². The van der Waals surface area contributed by atoms with Crippen LogP contribution in [0.15, 0.2) is 6.33 Å².